The minimum atomic E-state index is -0.150. The summed E-state index contributed by atoms with van der Waals surface area (Å²) < 4.78 is 0. The van der Waals surface area contributed by atoms with Crippen LogP contribution in [0.1, 0.15) is 27.7 Å². The molecule has 0 saturated carbocycles. The summed E-state index contributed by atoms with van der Waals surface area (Å²) >= 11 is 1.72. The third-order valence-electron chi connectivity index (χ3n) is 1.96. The average molecular weight is 214 g/mol. The van der Waals surface area contributed by atoms with Gasteiger partial charge in [-0.1, -0.05) is 6.92 Å². The third kappa shape index (κ3) is 2.67. The SMILES string of the molecule is CCSC1C=CN(C(C)(C)C)C(=O)N1. The van der Waals surface area contributed by atoms with Crippen molar-refractivity contribution < 1.29 is 4.79 Å². The molecule has 0 bridgehead atoms. The molecule has 0 radical (unpaired) electrons. The number of carbonyl (C=O) groups is 1. The topological polar surface area (TPSA) is 32.3 Å². The van der Waals surface area contributed by atoms with Gasteiger partial charge in [-0.3, -0.25) is 4.90 Å². The quantitative estimate of drug-likeness (QED) is 0.765. The molecule has 1 heterocycles. The molecule has 0 aliphatic carbocycles. The van der Waals surface area contributed by atoms with Crippen molar-refractivity contribution in [3.05, 3.63) is 12.3 Å². The number of thioether (sulfide) groups is 1. The molecule has 1 aliphatic rings. The van der Waals surface area contributed by atoms with Crippen molar-refractivity contribution in [2.75, 3.05) is 5.75 Å². The molecular formula is C10H18N2OS. The van der Waals surface area contributed by atoms with Crippen molar-refractivity contribution in [2.45, 2.75) is 38.6 Å². The fourth-order valence-electron chi connectivity index (χ4n) is 1.28. The van der Waals surface area contributed by atoms with Crippen LogP contribution in [0, 0.1) is 0 Å². The zero-order valence-electron chi connectivity index (χ0n) is 9.20. The maximum atomic E-state index is 11.7. The number of carbonyl (C=O) groups excluding carboxylic acids is 1. The van der Waals surface area contributed by atoms with Gasteiger partial charge < -0.3 is 5.32 Å². The predicted molar refractivity (Wildman–Crippen MR) is 61.2 cm³/mol. The first kappa shape index (κ1) is 11.4. The number of urea groups is 1. The van der Waals surface area contributed by atoms with E-state index in [0.29, 0.717) is 0 Å². The summed E-state index contributed by atoms with van der Waals surface area (Å²) in [6, 6.07) is -0.00838. The van der Waals surface area contributed by atoms with Gasteiger partial charge in [0.1, 0.15) is 0 Å². The van der Waals surface area contributed by atoms with E-state index < -0.39 is 0 Å². The number of amides is 2. The monoisotopic (exact) mass is 214 g/mol. The van der Waals surface area contributed by atoms with Gasteiger partial charge in [0, 0.05) is 11.7 Å². The lowest BCUT2D eigenvalue weighted by molar-refractivity contribution is 0.175. The molecule has 0 saturated heterocycles. The van der Waals surface area contributed by atoms with Gasteiger partial charge in [-0.15, -0.1) is 11.8 Å². The average Bonchev–Trinajstić information content (AvgIpc) is 2.02. The van der Waals surface area contributed by atoms with E-state index in [1.807, 2.05) is 33.0 Å². The van der Waals surface area contributed by atoms with Crippen LogP contribution in [0.25, 0.3) is 0 Å². The fraction of sp³-hybridized carbons (Fsp3) is 0.700. The van der Waals surface area contributed by atoms with Crippen molar-refractivity contribution in [1.82, 2.24) is 10.2 Å². The van der Waals surface area contributed by atoms with Crippen LogP contribution in [-0.2, 0) is 0 Å². The van der Waals surface area contributed by atoms with Crippen LogP contribution in [0.4, 0.5) is 4.79 Å². The van der Waals surface area contributed by atoms with Crippen LogP contribution < -0.4 is 5.32 Å². The Morgan fingerprint density at radius 2 is 2.21 bits per heavy atom. The van der Waals surface area contributed by atoms with E-state index in [2.05, 4.69) is 12.2 Å². The van der Waals surface area contributed by atoms with E-state index in [-0.39, 0.29) is 16.9 Å². The molecule has 1 N–H and O–H groups in total. The van der Waals surface area contributed by atoms with Crippen molar-refractivity contribution in [3.63, 3.8) is 0 Å². The lowest BCUT2D eigenvalue weighted by Crippen LogP contribution is -2.51. The Kier molecular flexibility index (Phi) is 3.48. The number of rotatable bonds is 2. The molecule has 0 fully saturated rings. The predicted octanol–water partition coefficient (Wildman–Crippen LogP) is 2.40. The Bertz CT molecular complexity index is 245. The number of nitrogens with zero attached hydrogens (tertiary/aromatic N) is 1. The van der Waals surface area contributed by atoms with Crippen LogP contribution in [0.3, 0.4) is 0 Å². The fourth-order valence-corrected chi connectivity index (χ4v) is 2.00. The molecule has 0 spiro atoms. The van der Waals surface area contributed by atoms with E-state index in [1.54, 1.807) is 16.7 Å². The van der Waals surface area contributed by atoms with Crippen LogP contribution in [0.15, 0.2) is 12.3 Å². The molecule has 14 heavy (non-hydrogen) atoms. The Morgan fingerprint density at radius 1 is 1.57 bits per heavy atom. The molecule has 0 aromatic rings. The second-order valence-electron chi connectivity index (χ2n) is 4.21. The lowest BCUT2D eigenvalue weighted by atomic mass is 10.1. The van der Waals surface area contributed by atoms with Crippen LogP contribution in [-0.4, -0.2) is 27.6 Å². The highest BCUT2D eigenvalue weighted by Gasteiger charge is 2.28. The minimum absolute atomic E-state index is 0.00838. The summed E-state index contributed by atoms with van der Waals surface area (Å²) in [5.41, 5.74) is -0.150. The molecule has 0 aromatic heterocycles. The van der Waals surface area contributed by atoms with Gasteiger partial charge in [-0.05, 0) is 32.6 Å². The van der Waals surface area contributed by atoms with Gasteiger partial charge in [0.2, 0.25) is 0 Å². The third-order valence-corrected chi connectivity index (χ3v) is 2.93. The zero-order valence-corrected chi connectivity index (χ0v) is 10.0. The highest BCUT2D eigenvalue weighted by atomic mass is 32.2. The smallest absolute Gasteiger partial charge is 0.322 e. The molecule has 1 atom stereocenters. The standard InChI is InChI=1S/C10H18N2OS/c1-5-14-8-6-7-12(9(13)11-8)10(2,3)4/h6-8H,5H2,1-4H3,(H,11,13). The van der Waals surface area contributed by atoms with Crippen molar-refractivity contribution in [1.29, 1.82) is 0 Å². The number of nitrogens with one attached hydrogen (secondary N) is 1. The summed E-state index contributed by atoms with van der Waals surface area (Å²) in [5.74, 6) is 1.00. The summed E-state index contributed by atoms with van der Waals surface area (Å²) in [7, 11) is 0. The highest BCUT2D eigenvalue weighted by Crippen LogP contribution is 2.20. The first-order valence-electron chi connectivity index (χ1n) is 4.85. The molecule has 0 aromatic carbocycles. The maximum Gasteiger partial charge on any atom is 0.323 e. The zero-order chi connectivity index (χ0) is 10.8. The van der Waals surface area contributed by atoms with E-state index >= 15 is 0 Å². The van der Waals surface area contributed by atoms with E-state index in [0.717, 1.165) is 5.75 Å². The van der Waals surface area contributed by atoms with Gasteiger partial charge in [0.05, 0.1) is 5.37 Å². The number of hydrogen-bond acceptors (Lipinski definition) is 2. The van der Waals surface area contributed by atoms with Gasteiger partial charge in [0.25, 0.3) is 0 Å². The van der Waals surface area contributed by atoms with E-state index in [9.17, 15) is 4.79 Å². The van der Waals surface area contributed by atoms with E-state index in [4.69, 9.17) is 0 Å². The molecule has 80 valence electrons. The van der Waals surface area contributed by atoms with Gasteiger partial charge in [-0.25, -0.2) is 4.79 Å². The normalized spacial score (nSPS) is 22.4. The summed E-state index contributed by atoms with van der Waals surface area (Å²) in [5, 5.41) is 3.07. The first-order valence-corrected chi connectivity index (χ1v) is 5.90. The maximum absolute atomic E-state index is 11.7. The molecule has 1 aliphatic heterocycles. The highest BCUT2D eigenvalue weighted by molar-refractivity contribution is 8.00. The van der Waals surface area contributed by atoms with Crippen molar-refractivity contribution in [2.24, 2.45) is 0 Å². The molecule has 4 heteroatoms. The lowest BCUT2D eigenvalue weighted by Gasteiger charge is -2.36. The van der Waals surface area contributed by atoms with Crippen LogP contribution in [0.2, 0.25) is 0 Å². The van der Waals surface area contributed by atoms with Gasteiger partial charge >= 0.3 is 6.03 Å². The van der Waals surface area contributed by atoms with E-state index in [1.165, 1.54) is 0 Å². The second kappa shape index (κ2) is 4.26. The summed E-state index contributed by atoms with van der Waals surface area (Å²) in [6.07, 6.45) is 3.91. The largest absolute Gasteiger partial charge is 0.323 e. The Morgan fingerprint density at radius 3 is 2.64 bits per heavy atom. The molecule has 1 rings (SSSR count). The van der Waals surface area contributed by atoms with Crippen molar-refractivity contribution in [3.8, 4) is 0 Å². The molecule has 1 unspecified atom stereocenters. The second-order valence-corrected chi connectivity index (χ2v) is 5.63. The summed E-state index contributed by atoms with van der Waals surface area (Å²) in [4.78, 5) is 13.4. The van der Waals surface area contributed by atoms with Crippen LogP contribution >= 0.6 is 11.8 Å². The van der Waals surface area contributed by atoms with Gasteiger partial charge in [-0.2, -0.15) is 0 Å². The van der Waals surface area contributed by atoms with Gasteiger partial charge in [0.15, 0.2) is 0 Å². The molecular weight excluding hydrogens is 196 g/mol. The molecule has 2 amide bonds. The summed E-state index contributed by atoms with van der Waals surface area (Å²) in [6.45, 7) is 8.14. The van der Waals surface area contributed by atoms with Crippen LogP contribution in [0.5, 0.6) is 0 Å². The minimum Gasteiger partial charge on any atom is -0.322 e. The first-order chi connectivity index (χ1) is 6.45. The number of hydrogen-bond donors (Lipinski definition) is 1. The Hall–Kier alpha value is -0.640. The Balaban J connectivity index is 2.68. The Labute approximate surface area is 89.9 Å². The van der Waals surface area contributed by atoms with Crippen molar-refractivity contribution >= 4 is 17.8 Å². The molecule has 3 nitrogen and oxygen atoms in total.